The molecule has 1 aromatic carbocycles. The molecule has 0 radical (unpaired) electrons. The molecule has 1 aliphatic rings. The summed E-state index contributed by atoms with van der Waals surface area (Å²) >= 11 is 3.44. The maximum Gasteiger partial charge on any atom is 0.305 e. The molecule has 1 aromatic rings. The first-order valence-electron chi connectivity index (χ1n) is 8.28. The van der Waals surface area contributed by atoms with Crippen molar-refractivity contribution < 1.29 is 14.3 Å². The number of hydrogen-bond donors (Lipinski definition) is 1. The summed E-state index contributed by atoms with van der Waals surface area (Å²) in [5.74, 6) is -0.119. The summed E-state index contributed by atoms with van der Waals surface area (Å²) < 4.78 is 5.91. The molecule has 0 spiro atoms. The molecule has 5 heteroatoms. The lowest BCUT2D eigenvalue weighted by Gasteiger charge is -2.28. The number of nitrogens with one attached hydrogen (secondary N) is 1. The lowest BCUT2D eigenvalue weighted by Crippen LogP contribution is -2.43. The van der Waals surface area contributed by atoms with Gasteiger partial charge < -0.3 is 10.1 Å². The fraction of sp³-hybridized carbons (Fsp3) is 0.556. The van der Waals surface area contributed by atoms with E-state index in [1.807, 2.05) is 24.3 Å². The Morgan fingerprint density at radius 2 is 1.87 bits per heavy atom. The van der Waals surface area contributed by atoms with Crippen LogP contribution in [0.4, 0.5) is 0 Å². The smallest absolute Gasteiger partial charge is 0.305 e. The van der Waals surface area contributed by atoms with Crippen molar-refractivity contribution >= 4 is 27.8 Å². The minimum Gasteiger partial charge on any atom is -0.466 e. The van der Waals surface area contributed by atoms with Crippen LogP contribution >= 0.6 is 15.9 Å². The second-order valence-corrected chi connectivity index (χ2v) is 6.88. The number of halogens is 1. The predicted octanol–water partition coefficient (Wildman–Crippen LogP) is 3.72. The van der Waals surface area contributed by atoms with Gasteiger partial charge in [-0.1, -0.05) is 40.9 Å². The number of benzene rings is 1. The van der Waals surface area contributed by atoms with E-state index < -0.39 is 5.41 Å². The van der Waals surface area contributed by atoms with E-state index in [4.69, 9.17) is 4.74 Å². The SMILES string of the molecule is CCOC(=O)CCCNC(=O)C1(c2ccc(Br)cc2)CCCC1. The number of hydrogen-bond acceptors (Lipinski definition) is 3. The zero-order valence-corrected chi connectivity index (χ0v) is 15.2. The Labute approximate surface area is 146 Å². The molecule has 126 valence electrons. The zero-order chi connectivity index (χ0) is 16.7. The molecule has 1 amide bonds. The summed E-state index contributed by atoms with van der Waals surface area (Å²) in [4.78, 5) is 24.1. The summed E-state index contributed by atoms with van der Waals surface area (Å²) in [6.45, 7) is 2.70. The number of ether oxygens (including phenoxy) is 1. The summed E-state index contributed by atoms with van der Waals surface area (Å²) in [5.41, 5.74) is 0.672. The quantitative estimate of drug-likeness (QED) is 0.578. The van der Waals surface area contributed by atoms with E-state index >= 15 is 0 Å². The first kappa shape index (κ1) is 18.0. The molecular weight excluding hydrogens is 358 g/mol. The van der Waals surface area contributed by atoms with Gasteiger partial charge in [0.05, 0.1) is 12.0 Å². The third kappa shape index (κ3) is 4.56. The van der Waals surface area contributed by atoms with Gasteiger partial charge in [0.25, 0.3) is 0 Å². The minimum atomic E-state index is -0.412. The van der Waals surface area contributed by atoms with Gasteiger partial charge in [0.2, 0.25) is 5.91 Å². The Morgan fingerprint density at radius 1 is 1.22 bits per heavy atom. The van der Waals surface area contributed by atoms with Crippen molar-refractivity contribution in [1.82, 2.24) is 5.32 Å². The van der Waals surface area contributed by atoms with Crippen LogP contribution in [-0.2, 0) is 19.7 Å². The highest BCUT2D eigenvalue weighted by Gasteiger charge is 2.42. The molecule has 1 N–H and O–H groups in total. The summed E-state index contributed by atoms with van der Waals surface area (Å²) in [6, 6.07) is 8.05. The molecule has 0 heterocycles. The Kier molecular flexibility index (Phi) is 6.63. The van der Waals surface area contributed by atoms with Gasteiger partial charge in [-0.25, -0.2) is 0 Å². The molecule has 1 aliphatic carbocycles. The van der Waals surface area contributed by atoms with Crippen molar-refractivity contribution in [2.24, 2.45) is 0 Å². The molecule has 0 saturated heterocycles. The molecule has 0 atom stereocenters. The van der Waals surface area contributed by atoms with Crippen molar-refractivity contribution in [2.45, 2.75) is 50.9 Å². The third-order valence-electron chi connectivity index (χ3n) is 4.44. The van der Waals surface area contributed by atoms with Gasteiger partial charge in [-0.3, -0.25) is 9.59 Å². The number of carbonyl (C=O) groups is 2. The predicted molar refractivity (Wildman–Crippen MR) is 93.2 cm³/mol. The largest absolute Gasteiger partial charge is 0.466 e. The van der Waals surface area contributed by atoms with Crippen molar-refractivity contribution in [1.29, 1.82) is 0 Å². The van der Waals surface area contributed by atoms with Crippen molar-refractivity contribution in [2.75, 3.05) is 13.2 Å². The van der Waals surface area contributed by atoms with Gasteiger partial charge in [-0.05, 0) is 43.9 Å². The van der Waals surface area contributed by atoms with Gasteiger partial charge >= 0.3 is 5.97 Å². The molecule has 0 bridgehead atoms. The van der Waals surface area contributed by atoms with E-state index in [2.05, 4.69) is 21.2 Å². The molecule has 2 rings (SSSR count). The van der Waals surface area contributed by atoms with Crippen LogP contribution in [-0.4, -0.2) is 25.0 Å². The second kappa shape index (κ2) is 8.48. The Hall–Kier alpha value is -1.36. The molecule has 0 aliphatic heterocycles. The van der Waals surface area contributed by atoms with Crippen LogP contribution < -0.4 is 5.32 Å². The van der Waals surface area contributed by atoms with Gasteiger partial charge in [0.15, 0.2) is 0 Å². The van der Waals surface area contributed by atoms with Crippen LogP contribution in [0.2, 0.25) is 0 Å². The maximum atomic E-state index is 12.8. The van der Waals surface area contributed by atoms with E-state index in [-0.39, 0.29) is 11.9 Å². The topological polar surface area (TPSA) is 55.4 Å². The summed E-state index contributed by atoms with van der Waals surface area (Å²) in [6.07, 6.45) is 4.88. The number of esters is 1. The molecule has 0 unspecified atom stereocenters. The average molecular weight is 382 g/mol. The lowest BCUT2D eigenvalue weighted by molar-refractivity contribution is -0.143. The minimum absolute atomic E-state index is 0.0844. The number of amides is 1. The van der Waals surface area contributed by atoms with Gasteiger partial charge in [-0.15, -0.1) is 0 Å². The Balaban J connectivity index is 1.94. The van der Waals surface area contributed by atoms with Gasteiger partial charge in [-0.2, -0.15) is 0 Å². The van der Waals surface area contributed by atoms with Gasteiger partial charge in [0, 0.05) is 17.4 Å². The van der Waals surface area contributed by atoms with Crippen molar-refractivity contribution in [3.05, 3.63) is 34.3 Å². The molecule has 0 aromatic heterocycles. The molecular formula is C18H24BrNO3. The highest BCUT2D eigenvalue weighted by atomic mass is 79.9. The standard InChI is InChI=1S/C18H24BrNO3/c1-2-23-16(21)6-5-13-20-17(22)18(11-3-4-12-18)14-7-9-15(19)10-8-14/h7-10H,2-6,11-13H2,1H3,(H,20,22). The highest BCUT2D eigenvalue weighted by molar-refractivity contribution is 9.10. The normalized spacial score (nSPS) is 16.1. The Bertz CT molecular complexity index is 536. The van der Waals surface area contributed by atoms with Crippen LogP contribution in [0.25, 0.3) is 0 Å². The first-order chi connectivity index (χ1) is 11.1. The molecule has 23 heavy (non-hydrogen) atoms. The van der Waals surface area contributed by atoms with Crippen molar-refractivity contribution in [3.63, 3.8) is 0 Å². The van der Waals surface area contributed by atoms with Crippen LogP contribution in [0.1, 0.15) is 51.0 Å². The van der Waals surface area contributed by atoms with Crippen LogP contribution in [0, 0.1) is 0 Å². The average Bonchev–Trinajstić information content (AvgIpc) is 3.03. The number of rotatable bonds is 7. The second-order valence-electron chi connectivity index (χ2n) is 5.96. The lowest BCUT2D eigenvalue weighted by atomic mass is 9.78. The molecule has 1 saturated carbocycles. The molecule has 4 nitrogen and oxygen atoms in total. The van der Waals surface area contributed by atoms with E-state index in [1.165, 1.54) is 0 Å². The number of carbonyl (C=O) groups excluding carboxylic acids is 2. The van der Waals surface area contributed by atoms with E-state index in [0.717, 1.165) is 35.7 Å². The van der Waals surface area contributed by atoms with Crippen LogP contribution in [0.5, 0.6) is 0 Å². The van der Waals surface area contributed by atoms with Gasteiger partial charge in [0.1, 0.15) is 0 Å². The zero-order valence-electron chi connectivity index (χ0n) is 13.6. The summed E-state index contributed by atoms with van der Waals surface area (Å²) in [7, 11) is 0. The molecule has 1 fully saturated rings. The Morgan fingerprint density at radius 3 is 2.48 bits per heavy atom. The fourth-order valence-corrected chi connectivity index (χ4v) is 3.50. The summed E-state index contributed by atoms with van der Waals surface area (Å²) in [5, 5.41) is 3.02. The van der Waals surface area contributed by atoms with E-state index in [1.54, 1.807) is 6.92 Å². The van der Waals surface area contributed by atoms with Crippen LogP contribution in [0.15, 0.2) is 28.7 Å². The van der Waals surface area contributed by atoms with E-state index in [0.29, 0.717) is 26.0 Å². The third-order valence-corrected chi connectivity index (χ3v) is 4.97. The van der Waals surface area contributed by atoms with Crippen molar-refractivity contribution in [3.8, 4) is 0 Å². The monoisotopic (exact) mass is 381 g/mol. The maximum absolute atomic E-state index is 12.8. The highest BCUT2D eigenvalue weighted by Crippen LogP contribution is 2.41. The fourth-order valence-electron chi connectivity index (χ4n) is 3.23. The first-order valence-corrected chi connectivity index (χ1v) is 9.08. The van der Waals surface area contributed by atoms with Crippen LogP contribution in [0.3, 0.4) is 0 Å². The van der Waals surface area contributed by atoms with E-state index in [9.17, 15) is 9.59 Å².